The molecule has 0 aliphatic carbocycles. The van der Waals surface area contributed by atoms with E-state index < -0.39 is 0 Å². The molecule has 0 fully saturated rings. The van der Waals surface area contributed by atoms with E-state index in [-0.39, 0.29) is 5.82 Å². The van der Waals surface area contributed by atoms with Crippen LogP contribution in [0.25, 0.3) is 10.9 Å². The molecule has 3 rings (SSSR count). The minimum absolute atomic E-state index is 0.173. The number of aromatic nitrogens is 3. The van der Waals surface area contributed by atoms with Crippen LogP contribution in [0, 0.1) is 5.82 Å². The van der Waals surface area contributed by atoms with E-state index in [1.165, 1.54) is 6.07 Å². The summed E-state index contributed by atoms with van der Waals surface area (Å²) in [5.41, 5.74) is 2.04. The molecule has 0 saturated heterocycles. The summed E-state index contributed by atoms with van der Waals surface area (Å²) >= 11 is 0. The monoisotopic (exact) mass is 257 g/mol. The second kappa shape index (κ2) is 4.53. The van der Waals surface area contributed by atoms with Crippen LogP contribution in [-0.4, -0.2) is 14.1 Å². The minimum Gasteiger partial charge on any atom is -0.341 e. The lowest BCUT2D eigenvalue weighted by molar-refractivity contribution is 0.564. The van der Waals surface area contributed by atoms with Gasteiger partial charge in [-0.25, -0.2) is 9.37 Å². The summed E-state index contributed by atoms with van der Waals surface area (Å²) in [4.78, 5) is 4.20. The Morgan fingerprint density at radius 1 is 1.26 bits per heavy atom. The highest BCUT2D eigenvalue weighted by Gasteiger charge is 2.09. The van der Waals surface area contributed by atoms with E-state index in [1.54, 1.807) is 6.07 Å². The molecular weight excluding hydrogens is 241 g/mol. The summed E-state index contributed by atoms with van der Waals surface area (Å²) in [6, 6.07) is 7.37. The van der Waals surface area contributed by atoms with Crippen molar-refractivity contribution in [1.82, 2.24) is 14.1 Å². The smallest absolute Gasteiger partial charge is 0.132 e. The van der Waals surface area contributed by atoms with E-state index in [9.17, 15) is 4.39 Å². The molecule has 3 aromatic rings. The number of imidazole rings is 1. The van der Waals surface area contributed by atoms with Crippen molar-refractivity contribution in [1.29, 1.82) is 0 Å². The predicted octanol–water partition coefficient (Wildman–Crippen LogP) is 3.61. The van der Waals surface area contributed by atoms with Gasteiger partial charge in [-0.2, -0.15) is 0 Å². The Kier molecular flexibility index (Phi) is 2.85. The first-order valence-corrected chi connectivity index (χ1v) is 6.41. The molecule has 2 aromatic heterocycles. The Hall–Kier alpha value is -2.10. The first-order valence-electron chi connectivity index (χ1n) is 6.41. The zero-order valence-corrected chi connectivity index (χ0v) is 11.0. The van der Waals surface area contributed by atoms with Crippen molar-refractivity contribution < 1.29 is 4.39 Å². The average Bonchev–Trinajstić information content (AvgIpc) is 2.98. The lowest BCUT2D eigenvalue weighted by Gasteiger charge is -2.12. The first kappa shape index (κ1) is 12.0. The van der Waals surface area contributed by atoms with Crippen molar-refractivity contribution >= 4 is 10.9 Å². The Morgan fingerprint density at radius 2 is 2.11 bits per heavy atom. The number of halogens is 1. The van der Waals surface area contributed by atoms with E-state index in [0.29, 0.717) is 18.0 Å². The maximum Gasteiger partial charge on any atom is 0.132 e. The second-order valence-corrected chi connectivity index (χ2v) is 5.00. The standard InChI is InChI=1S/C15H16FN3/c1-11(2)19-10-17-8-12(19)9-18-7-6-13-14(16)4-3-5-15(13)18/h3-8,10-11H,9H2,1-2H3. The van der Waals surface area contributed by atoms with Crippen molar-refractivity contribution in [2.24, 2.45) is 0 Å². The molecule has 19 heavy (non-hydrogen) atoms. The van der Waals surface area contributed by atoms with Gasteiger partial charge in [-0.3, -0.25) is 0 Å². The van der Waals surface area contributed by atoms with Crippen molar-refractivity contribution in [3.05, 3.63) is 54.5 Å². The van der Waals surface area contributed by atoms with Crippen molar-refractivity contribution in [2.75, 3.05) is 0 Å². The number of rotatable bonds is 3. The second-order valence-electron chi connectivity index (χ2n) is 5.00. The lowest BCUT2D eigenvalue weighted by atomic mass is 10.2. The van der Waals surface area contributed by atoms with Crippen molar-refractivity contribution in [2.45, 2.75) is 26.4 Å². The molecule has 2 heterocycles. The van der Waals surface area contributed by atoms with Crippen LogP contribution in [0.2, 0.25) is 0 Å². The van der Waals surface area contributed by atoms with Crippen LogP contribution in [0.3, 0.4) is 0 Å². The van der Waals surface area contributed by atoms with Crippen LogP contribution < -0.4 is 0 Å². The van der Waals surface area contributed by atoms with Gasteiger partial charge in [-0.15, -0.1) is 0 Å². The van der Waals surface area contributed by atoms with Crippen LogP contribution in [0.1, 0.15) is 25.6 Å². The maximum atomic E-state index is 13.7. The molecule has 4 heteroatoms. The largest absolute Gasteiger partial charge is 0.341 e. The van der Waals surface area contributed by atoms with E-state index in [1.807, 2.05) is 35.4 Å². The molecule has 0 N–H and O–H groups in total. The Bertz CT molecular complexity index is 709. The van der Waals surface area contributed by atoms with Gasteiger partial charge in [0.1, 0.15) is 5.82 Å². The fraction of sp³-hybridized carbons (Fsp3) is 0.267. The summed E-state index contributed by atoms with van der Waals surface area (Å²) in [6.07, 6.45) is 5.63. The molecule has 0 aliphatic rings. The third-order valence-electron chi connectivity index (χ3n) is 3.40. The molecule has 0 spiro atoms. The average molecular weight is 257 g/mol. The van der Waals surface area contributed by atoms with E-state index in [2.05, 4.69) is 23.4 Å². The number of fused-ring (bicyclic) bond motifs is 1. The highest BCUT2D eigenvalue weighted by Crippen LogP contribution is 2.20. The normalized spacial score (nSPS) is 11.6. The fourth-order valence-corrected chi connectivity index (χ4v) is 2.42. The quantitative estimate of drug-likeness (QED) is 0.703. The number of nitrogens with zero attached hydrogens (tertiary/aromatic N) is 3. The first-order chi connectivity index (χ1) is 9.16. The molecule has 0 saturated carbocycles. The molecule has 0 amide bonds. The minimum atomic E-state index is -0.173. The molecule has 0 bridgehead atoms. The van der Waals surface area contributed by atoms with E-state index >= 15 is 0 Å². The predicted molar refractivity (Wildman–Crippen MR) is 73.6 cm³/mol. The van der Waals surface area contributed by atoms with Crippen LogP contribution in [-0.2, 0) is 6.54 Å². The van der Waals surface area contributed by atoms with Crippen LogP contribution >= 0.6 is 0 Å². The summed E-state index contributed by atoms with van der Waals surface area (Å²) in [6.45, 7) is 4.95. The molecule has 0 radical (unpaired) electrons. The van der Waals surface area contributed by atoms with E-state index in [0.717, 1.165) is 11.2 Å². The van der Waals surface area contributed by atoms with Crippen LogP contribution in [0.5, 0.6) is 0 Å². The van der Waals surface area contributed by atoms with Crippen molar-refractivity contribution in [3.8, 4) is 0 Å². The molecule has 98 valence electrons. The van der Waals surface area contributed by atoms with Gasteiger partial charge in [0.15, 0.2) is 0 Å². The van der Waals surface area contributed by atoms with Gasteiger partial charge in [0.2, 0.25) is 0 Å². The molecule has 0 atom stereocenters. The molecule has 3 nitrogen and oxygen atoms in total. The van der Waals surface area contributed by atoms with Gasteiger partial charge >= 0.3 is 0 Å². The third kappa shape index (κ3) is 2.03. The number of benzene rings is 1. The number of hydrogen-bond donors (Lipinski definition) is 0. The highest BCUT2D eigenvalue weighted by atomic mass is 19.1. The van der Waals surface area contributed by atoms with E-state index in [4.69, 9.17) is 0 Å². The molecular formula is C15H16FN3. The van der Waals surface area contributed by atoms with Gasteiger partial charge < -0.3 is 9.13 Å². The zero-order chi connectivity index (χ0) is 13.4. The highest BCUT2D eigenvalue weighted by molar-refractivity contribution is 5.80. The van der Waals surface area contributed by atoms with Gasteiger partial charge in [-0.05, 0) is 32.0 Å². The Balaban J connectivity index is 2.02. The molecule has 1 aromatic carbocycles. The van der Waals surface area contributed by atoms with Gasteiger partial charge in [0, 0.05) is 23.8 Å². The summed E-state index contributed by atoms with van der Waals surface area (Å²) in [5, 5.41) is 0.665. The zero-order valence-electron chi connectivity index (χ0n) is 11.0. The summed E-state index contributed by atoms with van der Waals surface area (Å²) in [7, 11) is 0. The van der Waals surface area contributed by atoms with Gasteiger partial charge in [-0.1, -0.05) is 6.07 Å². The molecule has 0 unspecified atom stereocenters. The summed E-state index contributed by atoms with van der Waals surface area (Å²) < 4.78 is 17.8. The van der Waals surface area contributed by atoms with Gasteiger partial charge in [0.25, 0.3) is 0 Å². The van der Waals surface area contributed by atoms with Crippen LogP contribution in [0.4, 0.5) is 4.39 Å². The SMILES string of the molecule is CC(C)n1cncc1Cn1ccc2c(F)cccc21. The molecule has 0 aliphatic heterocycles. The third-order valence-corrected chi connectivity index (χ3v) is 3.40. The Labute approximate surface area is 111 Å². The van der Waals surface area contributed by atoms with Crippen LogP contribution in [0.15, 0.2) is 43.0 Å². The number of hydrogen-bond acceptors (Lipinski definition) is 1. The Morgan fingerprint density at radius 3 is 2.89 bits per heavy atom. The van der Waals surface area contributed by atoms with Crippen molar-refractivity contribution in [3.63, 3.8) is 0 Å². The topological polar surface area (TPSA) is 22.8 Å². The summed E-state index contributed by atoms with van der Waals surface area (Å²) in [5.74, 6) is -0.173. The maximum absolute atomic E-state index is 13.7. The lowest BCUT2D eigenvalue weighted by Crippen LogP contribution is -2.08. The van der Waals surface area contributed by atoms with Gasteiger partial charge in [0.05, 0.1) is 24.1 Å². The fourth-order valence-electron chi connectivity index (χ4n) is 2.42.